The predicted octanol–water partition coefficient (Wildman–Crippen LogP) is 5.45. The fourth-order valence-electron chi connectivity index (χ4n) is 3.57. The summed E-state index contributed by atoms with van der Waals surface area (Å²) < 4.78 is 72.5. The van der Waals surface area contributed by atoms with Crippen molar-refractivity contribution < 1.29 is 36.0 Å². The average molecular weight is 547 g/mol. The van der Waals surface area contributed by atoms with Gasteiger partial charge in [0.1, 0.15) is 11.2 Å². The lowest BCUT2D eigenvalue weighted by molar-refractivity contribution is -0.137. The maximum absolute atomic E-state index is 14.0. The Hall–Kier alpha value is -4.39. The number of aromatic nitrogens is 2. The monoisotopic (exact) mass is 547 g/mol. The molecule has 4 N–H and O–H groups in total. The van der Waals surface area contributed by atoms with Crippen LogP contribution in [0.2, 0.25) is 0 Å². The molecule has 2 amide bonds. The third-order valence-corrected chi connectivity index (χ3v) is 5.56. The van der Waals surface area contributed by atoms with Crippen molar-refractivity contribution in [1.82, 2.24) is 15.3 Å². The molecule has 0 fully saturated rings. The number of benzene rings is 2. The number of fused-ring (bicyclic) bond motifs is 1. The van der Waals surface area contributed by atoms with E-state index >= 15 is 0 Å². The summed E-state index contributed by atoms with van der Waals surface area (Å²) in [6, 6.07) is 10.1. The third kappa shape index (κ3) is 6.37. The maximum Gasteiger partial charge on any atom is 0.416 e. The summed E-state index contributed by atoms with van der Waals surface area (Å²) in [5.74, 6) is -1.73. The van der Waals surface area contributed by atoms with E-state index in [1.54, 1.807) is 0 Å². The van der Waals surface area contributed by atoms with Gasteiger partial charge in [-0.3, -0.25) is 20.3 Å². The summed E-state index contributed by atoms with van der Waals surface area (Å²) in [5, 5.41) is 4.92. The van der Waals surface area contributed by atoms with E-state index in [1.165, 1.54) is 42.6 Å². The van der Waals surface area contributed by atoms with Gasteiger partial charge >= 0.3 is 6.18 Å². The molecule has 8 nitrogen and oxygen atoms in total. The van der Waals surface area contributed by atoms with Crippen molar-refractivity contribution >= 4 is 28.6 Å². The van der Waals surface area contributed by atoms with Crippen LogP contribution >= 0.6 is 0 Å². The Labute approximate surface area is 218 Å². The van der Waals surface area contributed by atoms with E-state index < -0.39 is 35.5 Å². The molecule has 39 heavy (non-hydrogen) atoms. The van der Waals surface area contributed by atoms with Gasteiger partial charge in [-0.05, 0) is 61.9 Å². The predicted molar refractivity (Wildman–Crippen MR) is 132 cm³/mol. The lowest BCUT2D eigenvalue weighted by Gasteiger charge is -2.15. The highest BCUT2D eigenvalue weighted by Gasteiger charge is 2.31. The van der Waals surface area contributed by atoms with Crippen LogP contribution in [0.5, 0.6) is 0 Å². The number of anilines is 1. The van der Waals surface area contributed by atoms with Gasteiger partial charge in [-0.25, -0.2) is 13.8 Å². The second-order valence-corrected chi connectivity index (χ2v) is 9.07. The molecular weight excluding hydrogens is 525 g/mol. The van der Waals surface area contributed by atoms with Crippen molar-refractivity contribution in [3.63, 3.8) is 0 Å². The first-order valence-corrected chi connectivity index (χ1v) is 11.5. The molecule has 0 aliphatic rings. The average Bonchev–Trinajstić information content (AvgIpc) is 3.29. The van der Waals surface area contributed by atoms with E-state index in [-0.39, 0.29) is 46.0 Å². The normalized spacial score (nSPS) is 12.8. The van der Waals surface area contributed by atoms with Gasteiger partial charge in [-0.15, -0.1) is 0 Å². The minimum absolute atomic E-state index is 0.0549. The van der Waals surface area contributed by atoms with Gasteiger partial charge in [-0.2, -0.15) is 13.2 Å². The van der Waals surface area contributed by atoms with Crippen molar-refractivity contribution in [3.05, 3.63) is 77.1 Å². The molecule has 0 saturated carbocycles. The quantitative estimate of drug-likeness (QED) is 0.209. The molecule has 1 atom stereocenters. The Balaban J connectivity index is 1.57. The molecule has 13 heteroatoms. The van der Waals surface area contributed by atoms with Crippen LogP contribution in [0, 0.1) is 0 Å². The van der Waals surface area contributed by atoms with Crippen LogP contribution in [0.25, 0.3) is 22.6 Å². The number of nitrogens with one attached hydrogen (secondary N) is 2. The van der Waals surface area contributed by atoms with Gasteiger partial charge in [-0.1, -0.05) is 6.07 Å². The van der Waals surface area contributed by atoms with E-state index in [0.29, 0.717) is 5.56 Å². The standard InChI is InChI=1S/C26H22F5N5O3/c1-25(2,28)24(38)34-12-13-8-17(20(21(27)32)33-11-13)22(37)35-16-6-7-19-18(10-16)36-23(39-19)14-4-3-5-15(9-14)26(29,30)31/h3-11,21H,12,32H2,1-2H3,(H,34,38)(H,35,37). The van der Waals surface area contributed by atoms with Crippen LogP contribution in [-0.4, -0.2) is 27.5 Å². The summed E-state index contributed by atoms with van der Waals surface area (Å²) in [4.78, 5) is 32.9. The van der Waals surface area contributed by atoms with Crippen LogP contribution in [0.4, 0.5) is 27.6 Å². The molecule has 0 bridgehead atoms. The van der Waals surface area contributed by atoms with Crippen molar-refractivity contribution in [1.29, 1.82) is 0 Å². The molecule has 0 saturated heterocycles. The second-order valence-electron chi connectivity index (χ2n) is 9.07. The number of hydrogen-bond acceptors (Lipinski definition) is 6. The number of nitrogens with two attached hydrogens (primary N) is 1. The lowest BCUT2D eigenvalue weighted by Crippen LogP contribution is -2.38. The molecule has 4 rings (SSSR count). The number of nitrogens with zero attached hydrogens (tertiary/aromatic N) is 2. The molecule has 1 unspecified atom stereocenters. The largest absolute Gasteiger partial charge is 0.436 e. The smallest absolute Gasteiger partial charge is 0.416 e. The molecule has 0 radical (unpaired) electrons. The summed E-state index contributed by atoms with van der Waals surface area (Å²) in [6.07, 6.45) is -5.43. The van der Waals surface area contributed by atoms with Crippen LogP contribution in [-0.2, 0) is 17.5 Å². The van der Waals surface area contributed by atoms with Gasteiger partial charge in [0.25, 0.3) is 11.8 Å². The number of halogens is 5. The Bertz CT molecular complexity index is 1540. The van der Waals surface area contributed by atoms with Crippen LogP contribution in [0.1, 0.15) is 47.3 Å². The second kappa shape index (κ2) is 10.4. The number of carbonyl (C=O) groups is 2. The number of amides is 2. The van der Waals surface area contributed by atoms with E-state index in [2.05, 4.69) is 20.6 Å². The van der Waals surface area contributed by atoms with Crippen LogP contribution in [0.15, 0.2) is 59.1 Å². The maximum atomic E-state index is 14.0. The molecule has 2 heterocycles. The number of hydrogen-bond donors (Lipinski definition) is 3. The Morgan fingerprint density at radius 3 is 2.49 bits per heavy atom. The summed E-state index contributed by atoms with van der Waals surface area (Å²) >= 11 is 0. The summed E-state index contributed by atoms with van der Waals surface area (Å²) in [5.41, 5.74) is 2.87. The van der Waals surface area contributed by atoms with Gasteiger partial charge < -0.3 is 15.1 Å². The molecule has 0 aliphatic heterocycles. The zero-order valence-electron chi connectivity index (χ0n) is 20.6. The number of carbonyl (C=O) groups excluding carboxylic acids is 2. The highest BCUT2D eigenvalue weighted by atomic mass is 19.4. The van der Waals surface area contributed by atoms with Crippen molar-refractivity contribution in [2.75, 3.05) is 5.32 Å². The minimum atomic E-state index is -4.54. The number of pyridine rings is 1. The lowest BCUT2D eigenvalue weighted by atomic mass is 10.1. The number of rotatable bonds is 7. The van der Waals surface area contributed by atoms with Crippen LogP contribution in [0.3, 0.4) is 0 Å². The SMILES string of the molecule is CC(C)(F)C(=O)NCc1cnc(C(N)F)c(C(=O)Nc2ccc3oc(-c4cccc(C(F)(F)F)c4)nc3c2)c1. The van der Waals surface area contributed by atoms with Crippen LogP contribution < -0.4 is 16.4 Å². The van der Waals surface area contributed by atoms with Gasteiger partial charge in [0.05, 0.1) is 11.1 Å². The highest BCUT2D eigenvalue weighted by Crippen LogP contribution is 2.33. The zero-order chi connectivity index (χ0) is 28.5. The first-order valence-electron chi connectivity index (χ1n) is 11.5. The molecule has 2 aromatic carbocycles. The van der Waals surface area contributed by atoms with Gasteiger partial charge in [0, 0.05) is 24.0 Å². The molecule has 204 valence electrons. The Morgan fingerprint density at radius 2 is 1.82 bits per heavy atom. The van der Waals surface area contributed by atoms with Gasteiger partial charge in [0.15, 0.2) is 17.5 Å². The topological polar surface area (TPSA) is 123 Å². The Kier molecular flexibility index (Phi) is 7.37. The van der Waals surface area contributed by atoms with E-state index in [9.17, 15) is 31.5 Å². The number of alkyl halides is 5. The Morgan fingerprint density at radius 1 is 1.08 bits per heavy atom. The van der Waals surface area contributed by atoms with Crippen molar-refractivity contribution in [3.8, 4) is 11.5 Å². The van der Waals surface area contributed by atoms with Crippen molar-refractivity contribution in [2.24, 2.45) is 5.73 Å². The fourth-order valence-corrected chi connectivity index (χ4v) is 3.57. The summed E-state index contributed by atoms with van der Waals surface area (Å²) in [6.45, 7) is 1.99. The zero-order valence-corrected chi connectivity index (χ0v) is 20.6. The third-order valence-electron chi connectivity index (χ3n) is 5.56. The van der Waals surface area contributed by atoms with E-state index in [1.807, 2.05) is 0 Å². The molecule has 0 aliphatic carbocycles. The molecular formula is C26H22F5N5O3. The van der Waals surface area contributed by atoms with E-state index in [4.69, 9.17) is 10.2 Å². The molecule has 2 aromatic heterocycles. The number of oxazole rings is 1. The molecule has 4 aromatic rings. The first kappa shape index (κ1) is 27.6. The van der Waals surface area contributed by atoms with Gasteiger partial charge in [0.2, 0.25) is 5.89 Å². The minimum Gasteiger partial charge on any atom is -0.436 e. The fraction of sp³-hybridized carbons (Fsp3) is 0.231. The highest BCUT2D eigenvalue weighted by molar-refractivity contribution is 6.06. The molecule has 0 spiro atoms. The van der Waals surface area contributed by atoms with E-state index in [0.717, 1.165) is 26.0 Å². The first-order chi connectivity index (χ1) is 18.2. The summed E-state index contributed by atoms with van der Waals surface area (Å²) in [7, 11) is 0. The van der Waals surface area contributed by atoms with Crippen molar-refractivity contribution in [2.45, 2.75) is 38.5 Å².